The van der Waals surface area contributed by atoms with Crippen molar-refractivity contribution >= 4 is 50.8 Å². The quantitative estimate of drug-likeness (QED) is 0.527. The lowest BCUT2D eigenvalue weighted by atomic mass is 10.2. The van der Waals surface area contributed by atoms with Gasteiger partial charge in [0.25, 0.3) is 10.0 Å². The summed E-state index contributed by atoms with van der Waals surface area (Å²) in [4.78, 5) is 12.4. The zero-order chi connectivity index (χ0) is 22.7. The summed E-state index contributed by atoms with van der Waals surface area (Å²) < 4.78 is 44.5. The van der Waals surface area contributed by atoms with Crippen LogP contribution in [-0.4, -0.2) is 32.7 Å². The number of amides is 1. The first-order chi connectivity index (χ1) is 15.4. The number of nitrogens with one attached hydrogen (secondary N) is 2. The van der Waals surface area contributed by atoms with Crippen molar-refractivity contribution in [3.8, 4) is 11.5 Å². The SMILES string of the molecule is CCC(=O)Nc1c(C)noc1/C=C/c1ccc(S(=O)(=O)Nc2ccc3c(c2)OCCO3)s1. The number of sulfonamides is 1. The van der Waals surface area contributed by atoms with Crippen molar-refractivity contribution in [1.82, 2.24) is 5.16 Å². The number of thiophene rings is 1. The Morgan fingerprint density at radius 2 is 1.94 bits per heavy atom. The molecule has 0 atom stereocenters. The molecule has 11 heteroatoms. The summed E-state index contributed by atoms with van der Waals surface area (Å²) >= 11 is 1.10. The Bertz CT molecular complexity index is 1280. The first-order valence-electron chi connectivity index (χ1n) is 9.82. The smallest absolute Gasteiger partial charge is 0.271 e. The van der Waals surface area contributed by atoms with Gasteiger partial charge in [-0.15, -0.1) is 11.3 Å². The molecule has 0 saturated carbocycles. The molecule has 2 aromatic heterocycles. The Labute approximate surface area is 189 Å². The van der Waals surface area contributed by atoms with Crippen LogP contribution in [0.15, 0.2) is 39.1 Å². The summed E-state index contributed by atoms with van der Waals surface area (Å²) in [5.74, 6) is 1.32. The molecule has 168 valence electrons. The second-order valence-electron chi connectivity index (χ2n) is 6.86. The monoisotopic (exact) mass is 475 g/mol. The van der Waals surface area contributed by atoms with E-state index in [0.717, 1.165) is 11.3 Å². The number of nitrogens with zero attached hydrogens (tertiary/aromatic N) is 1. The van der Waals surface area contributed by atoms with Gasteiger partial charge in [-0.3, -0.25) is 9.52 Å². The number of fused-ring (bicyclic) bond motifs is 1. The van der Waals surface area contributed by atoms with Gasteiger partial charge in [0, 0.05) is 17.4 Å². The van der Waals surface area contributed by atoms with Crippen LogP contribution >= 0.6 is 11.3 Å². The lowest BCUT2D eigenvalue weighted by Crippen LogP contribution is -2.16. The van der Waals surface area contributed by atoms with Gasteiger partial charge in [0.15, 0.2) is 17.3 Å². The number of carbonyl (C=O) groups is 1. The molecule has 0 radical (unpaired) electrons. The summed E-state index contributed by atoms with van der Waals surface area (Å²) in [6.45, 7) is 4.35. The third-order valence-electron chi connectivity index (χ3n) is 4.54. The number of benzene rings is 1. The van der Waals surface area contributed by atoms with E-state index >= 15 is 0 Å². The van der Waals surface area contributed by atoms with Crippen LogP contribution in [0.3, 0.4) is 0 Å². The van der Waals surface area contributed by atoms with E-state index in [4.69, 9.17) is 14.0 Å². The van der Waals surface area contributed by atoms with Crippen LogP contribution < -0.4 is 19.5 Å². The minimum atomic E-state index is -3.78. The third kappa shape index (κ3) is 4.78. The molecule has 9 nitrogen and oxygen atoms in total. The van der Waals surface area contributed by atoms with Crippen LogP contribution in [0.5, 0.6) is 11.5 Å². The highest BCUT2D eigenvalue weighted by atomic mass is 32.2. The van der Waals surface area contributed by atoms with Crippen molar-refractivity contribution in [2.24, 2.45) is 0 Å². The van der Waals surface area contributed by atoms with Crippen LogP contribution in [0.25, 0.3) is 12.2 Å². The molecule has 0 fully saturated rings. The number of hydrogen-bond donors (Lipinski definition) is 2. The molecule has 1 aromatic carbocycles. The zero-order valence-corrected chi connectivity index (χ0v) is 19.0. The molecule has 0 spiro atoms. The van der Waals surface area contributed by atoms with Crippen molar-refractivity contribution in [2.45, 2.75) is 24.5 Å². The Morgan fingerprint density at radius 1 is 1.16 bits per heavy atom. The van der Waals surface area contributed by atoms with Crippen molar-refractivity contribution in [3.63, 3.8) is 0 Å². The summed E-state index contributed by atoms with van der Waals surface area (Å²) in [7, 11) is -3.78. The maximum absolute atomic E-state index is 12.8. The number of anilines is 2. The maximum Gasteiger partial charge on any atom is 0.271 e. The van der Waals surface area contributed by atoms with Gasteiger partial charge in [0.2, 0.25) is 5.91 Å². The lowest BCUT2D eigenvalue weighted by Gasteiger charge is -2.19. The first-order valence-corrected chi connectivity index (χ1v) is 12.1. The predicted molar refractivity (Wildman–Crippen MR) is 122 cm³/mol. The number of aromatic nitrogens is 1. The number of carbonyl (C=O) groups excluding carboxylic acids is 1. The van der Waals surface area contributed by atoms with Gasteiger partial charge in [0.05, 0.1) is 5.69 Å². The minimum absolute atomic E-state index is 0.152. The van der Waals surface area contributed by atoms with Crippen LogP contribution in [0.4, 0.5) is 11.4 Å². The van der Waals surface area contributed by atoms with E-state index < -0.39 is 10.0 Å². The highest BCUT2D eigenvalue weighted by molar-refractivity contribution is 7.94. The molecule has 0 unspecified atom stereocenters. The third-order valence-corrected chi connectivity index (χ3v) is 7.46. The standard InChI is InChI=1S/C21H21N3O6S2/c1-3-19(25)22-21-13(2)23-30-17(21)8-5-15-6-9-20(31-15)32(26,27)24-14-4-7-16-18(12-14)29-11-10-28-16/h4-9,12,24H,3,10-11H2,1-2H3,(H,22,25)/b8-5+. The van der Waals surface area contributed by atoms with Gasteiger partial charge in [0.1, 0.15) is 28.8 Å². The zero-order valence-electron chi connectivity index (χ0n) is 17.4. The van der Waals surface area contributed by atoms with Gasteiger partial charge < -0.3 is 19.3 Å². The molecule has 1 aliphatic heterocycles. The maximum atomic E-state index is 12.8. The van der Waals surface area contributed by atoms with E-state index in [0.29, 0.717) is 58.8 Å². The van der Waals surface area contributed by atoms with E-state index in [1.54, 1.807) is 50.3 Å². The van der Waals surface area contributed by atoms with E-state index in [1.807, 2.05) is 0 Å². The van der Waals surface area contributed by atoms with Gasteiger partial charge >= 0.3 is 0 Å². The van der Waals surface area contributed by atoms with Crippen molar-refractivity contribution in [2.75, 3.05) is 23.3 Å². The average molecular weight is 476 g/mol. The fourth-order valence-corrected chi connectivity index (χ4v) is 5.20. The summed E-state index contributed by atoms with van der Waals surface area (Å²) in [6.07, 6.45) is 3.67. The first kappa shape index (κ1) is 21.9. The highest BCUT2D eigenvalue weighted by Gasteiger charge is 2.19. The van der Waals surface area contributed by atoms with Gasteiger partial charge in [-0.05, 0) is 43.3 Å². The summed E-state index contributed by atoms with van der Waals surface area (Å²) in [5.41, 5.74) is 1.44. The largest absolute Gasteiger partial charge is 0.486 e. The highest BCUT2D eigenvalue weighted by Crippen LogP contribution is 2.34. The second-order valence-corrected chi connectivity index (χ2v) is 9.89. The molecule has 1 aliphatic rings. The van der Waals surface area contributed by atoms with Crippen LogP contribution in [0, 0.1) is 6.92 Å². The average Bonchev–Trinajstić information content (AvgIpc) is 3.40. The fraction of sp³-hybridized carbons (Fsp3) is 0.238. The number of ether oxygens (including phenoxy) is 2. The number of aryl methyl sites for hydroxylation is 1. The molecule has 1 amide bonds. The molecule has 4 rings (SSSR count). The normalized spacial score (nSPS) is 13.3. The van der Waals surface area contributed by atoms with E-state index in [9.17, 15) is 13.2 Å². The number of hydrogen-bond acceptors (Lipinski definition) is 8. The Hall–Kier alpha value is -3.31. The molecular weight excluding hydrogens is 454 g/mol. The molecule has 32 heavy (non-hydrogen) atoms. The van der Waals surface area contributed by atoms with Gasteiger partial charge in [-0.25, -0.2) is 8.42 Å². The summed E-state index contributed by atoms with van der Waals surface area (Å²) in [6, 6.07) is 8.10. The molecule has 2 N–H and O–H groups in total. The Balaban J connectivity index is 1.49. The predicted octanol–water partition coefficient (Wildman–Crippen LogP) is 4.14. The van der Waals surface area contributed by atoms with Crippen molar-refractivity contribution < 1.29 is 27.2 Å². The molecule has 3 heterocycles. The van der Waals surface area contributed by atoms with Crippen LogP contribution in [0.2, 0.25) is 0 Å². The minimum Gasteiger partial charge on any atom is -0.486 e. The molecule has 0 bridgehead atoms. The number of rotatable bonds is 7. The molecule has 0 aliphatic carbocycles. The summed E-state index contributed by atoms with van der Waals surface area (Å²) in [5, 5.41) is 6.63. The molecule has 0 saturated heterocycles. The second kappa shape index (κ2) is 9.05. The van der Waals surface area contributed by atoms with Crippen molar-refractivity contribution in [1.29, 1.82) is 0 Å². The van der Waals surface area contributed by atoms with E-state index in [-0.39, 0.29) is 10.1 Å². The topological polar surface area (TPSA) is 120 Å². The fourth-order valence-electron chi connectivity index (χ4n) is 2.92. The lowest BCUT2D eigenvalue weighted by molar-refractivity contribution is -0.115. The van der Waals surface area contributed by atoms with E-state index in [1.165, 1.54) is 6.07 Å². The van der Waals surface area contributed by atoms with Gasteiger partial charge in [-0.1, -0.05) is 12.1 Å². The van der Waals surface area contributed by atoms with Crippen LogP contribution in [0.1, 0.15) is 29.7 Å². The van der Waals surface area contributed by atoms with Gasteiger partial charge in [-0.2, -0.15) is 0 Å². The van der Waals surface area contributed by atoms with Crippen LogP contribution in [-0.2, 0) is 14.8 Å². The van der Waals surface area contributed by atoms with Crippen molar-refractivity contribution in [3.05, 3.63) is 46.7 Å². The molecule has 3 aromatic rings. The Kier molecular flexibility index (Phi) is 6.19. The Morgan fingerprint density at radius 3 is 2.72 bits per heavy atom. The molecular formula is C21H21N3O6S2. The van der Waals surface area contributed by atoms with E-state index in [2.05, 4.69) is 15.2 Å².